The lowest BCUT2D eigenvalue weighted by Gasteiger charge is -2.24. The number of rotatable bonds is 5. The van der Waals surface area contributed by atoms with Crippen LogP contribution in [0.1, 0.15) is 43.7 Å². The first-order valence-corrected chi connectivity index (χ1v) is 9.90. The SMILES string of the molecule is COc1c(Cl)cc(C(C)C)c(/C=C/[C@@H]2C[C@@H](O)CC(=O)O2)c1-c1ccc(F)cc1. The van der Waals surface area contributed by atoms with Crippen LogP contribution >= 0.6 is 11.6 Å². The predicted molar refractivity (Wildman–Crippen MR) is 112 cm³/mol. The summed E-state index contributed by atoms with van der Waals surface area (Å²) in [5, 5.41) is 10.3. The number of halogens is 2. The fraction of sp³-hybridized carbons (Fsp3) is 0.348. The molecule has 0 aromatic heterocycles. The first-order valence-electron chi connectivity index (χ1n) is 9.52. The number of carbonyl (C=O) groups is 1. The van der Waals surface area contributed by atoms with Gasteiger partial charge < -0.3 is 14.6 Å². The Kier molecular flexibility index (Phi) is 6.60. The van der Waals surface area contributed by atoms with Crippen LogP contribution in [0.4, 0.5) is 4.39 Å². The number of benzene rings is 2. The van der Waals surface area contributed by atoms with Crippen LogP contribution in [0.2, 0.25) is 5.02 Å². The van der Waals surface area contributed by atoms with Crippen molar-refractivity contribution in [2.45, 2.75) is 44.8 Å². The van der Waals surface area contributed by atoms with Crippen LogP contribution in [-0.4, -0.2) is 30.4 Å². The van der Waals surface area contributed by atoms with E-state index >= 15 is 0 Å². The summed E-state index contributed by atoms with van der Waals surface area (Å²) < 4.78 is 24.4. The van der Waals surface area contributed by atoms with Gasteiger partial charge in [-0.1, -0.05) is 43.7 Å². The molecule has 0 aliphatic carbocycles. The topological polar surface area (TPSA) is 55.8 Å². The Labute approximate surface area is 174 Å². The Balaban J connectivity index is 2.16. The van der Waals surface area contributed by atoms with Gasteiger partial charge in [-0.25, -0.2) is 4.39 Å². The Morgan fingerprint density at radius 3 is 2.59 bits per heavy atom. The molecule has 0 radical (unpaired) electrons. The fourth-order valence-electron chi connectivity index (χ4n) is 3.56. The second-order valence-electron chi connectivity index (χ2n) is 7.41. The lowest BCUT2D eigenvalue weighted by atomic mass is 9.88. The third-order valence-corrected chi connectivity index (χ3v) is 5.21. The van der Waals surface area contributed by atoms with E-state index in [1.807, 2.05) is 26.0 Å². The van der Waals surface area contributed by atoms with Crippen molar-refractivity contribution in [1.29, 1.82) is 0 Å². The van der Waals surface area contributed by atoms with Gasteiger partial charge in [0.15, 0.2) is 0 Å². The Hall–Kier alpha value is -2.37. The van der Waals surface area contributed by atoms with Crippen molar-refractivity contribution < 1.29 is 23.8 Å². The molecule has 0 saturated carbocycles. The molecule has 29 heavy (non-hydrogen) atoms. The summed E-state index contributed by atoms with van der Waals surface area (Å²) in [6, 6.07) is 7.99. The van der Waals surface area contributed by atoms with E-state index in [1.54, 1.807) is 18.2 Å². The third-order valence-electron chi connectivity index (χ3n) is 4.93. The smallest absolute Gasteiger partial charge is 0.309 e. The normalized spacial score (nSPS) is 19.6. The molecule has 154 valence electrons. The molecule has 6 heteroatoms. The maximum atomic E-state index is 13.5. The highest BCUT2D eigenvalue weighted by atomic mass is 35.5. The standard InChI is InChI=1S/C23H24ClFO4/c1-13(2)19-12-20(24)23(28-3)22(14-4-6-15(25)7-5-14)18(19)9-8-17-10-16(26)11-21(27)29-17/h4-9,12-13,16-17,26H,10-11H2,1-3H3/b9-8+/t16-,17-/m1/s1. The van der Waals surface area contributed by atoms with Crippen molar-refractivity contribution in [3.8, 4) is 16.9 Å². The van der Waals surface area contributed by atoms with Gasteiger partial charge in [0.2, 0.25) is 0 Å². The number of cyclic esters (lactones) is 1. The minimum absolute atomic E-state index is 0.0111. The van der Waals surface area contributed by atoms with Crippen molar-refractivity contribution in [1.82, 2.24) is 0 Å². The fourth-order valence-corrected chi connectivity index (χ4v) is 3.85. The highest BCUT2D eigenvalue weighted by molar-refractivity contribution is 6.32. The van der Waals surface area contributed by atoms with E-state index in [4.69, 9.17) is 21.1 Å². The highest BCUT2D eigenvalue weighted by Crippen LogP contribution is 2.43. The first kappa shape index (κ1) is 21.3. The minimum atomic E-state index is -0.716. The van der Waals surface area contributed by atoms with E-state index in [2.05, 4.69) is 0 Å². The maximum absolute atomic E-state index is 13.5. The van der Waals surface area contributed by atoms with Crippen LogP contribution in [0.5, 0.6) is 5.75 Å². The summed E-state index contributed by atoms with van der Waals surface area (Å²) in [5.74, 6) is -0.117. The van der Waals surface area contributed by atoms with Gasteiger partial charge in [-0.2, -0.15) is 0 Å². The second-order valence-corrected chi connectivity index (χ2v) is 7.82. The van der Waals surface area contributed by atoms with Crippen molar-refractivity contribution in [3.05, 3.63) is 58.4 Å². The molecule has 2 atom stereocenters. The lowest BCUT2D eigenvalue weighted by molar-refractivity contribution is -0.156. The molecule has 2 aromatic rings. The van der Waals surface area contributed by atoms with Gasteiger partial charge in [-0.3, -0.25) is 4.79 Å². The van der Waals surface area contributed by atoms with E-state index in [9.17, 15) is 14.3 Å². The molecule has 1 heterocycles. The Morgan fingerprint density at radius 2 is 2.00 bits per heavy atom. The number of esters is 1. The first-order chi connectivity index (χ1) is 13.8. The maximum Gasteiger partial charge on any atom is 0.309 e. The minimum Gasteiger partial charge on any atom is -0.495 e. The average molecular weight is 419 g/mol. The summed E-state index contributed by atoms with van der Waals surface area (Å²) in [5.41, 5.74) is 3.33. The van der Waals surface area contributed by atoms with Crippen LogP contribution in [0.3, 0.4) is 0 Å². The zero-order valence-corrected chi connectivity index (χ0v) is 17.4. The molecular weight excluding hydrogens is 395 g/mol. The van der Waals surface area contributed by atoms with Gasteiger partial charge in [0.25, 0.3) is 0 Å². The van der Waals surface area contributed by atoms with E-state index in [1.165, 1.54) is 19.2 Å². The van der Waals surface area contributed by atoms with Gasteiger partial charge >= 0.3 is 5.97 Å². The summed E-state index contributed by atoms with van der Waals surface area (Å²) in [4.78, 5) is 11.6. The highest BCUT2D eigenvalue weighted by Gasteiger charge is 2.26. The van der Waals surface area contributed by atoms with Gasteiger partial charge in [-0.15, -0.1) is 0 Å². The lowest BCUT2D eigenvalue weighted by Crippen LogP contribution is -2.31. The quantitative estimate of drug-likeness (QED) is 0.664. The zero-order chi connectivity index (χ0) is 21.1. The van der Waals surface area contributed by atoms with Crippen LogP contribution in [0, 0.1) is 5.82 Å². The van der Waals surface area contributed by atoms with Crippen LogP contribution in [0.25, 0.3) is 17.2 Å². The molecule has 0 amide bonds. The van der Waals surface area contributed by atoms with Crippen LogP contribution in [-0.2, 0) is 9.53 Å². The molecular formula is C23H24ClFO4. The number of aliphatic hydroxyl groups excluding tert-OH is 1. The number of carbonyl (C=O) groups excluding carboxylic acids is 1. The molecule has 1 N–H and O–H groups in total. The van der Waals surface area contributed by atoms with E-state index in [0.29, 0.717) is 17.2 Å². The third kappa shape index (κ3) is 4.80. The molecule has 0 bridgehead atoms. The van der Waals surface area contributed by atoms with Gasteiger partial charge in [0, 0.05) is 12.0 Å². The second kappa shape index (κ2) is 8.97. The number of ether oxygens (including phenoxy) is 2. The van der Waals surface area contributed by atoms with Gasteiger partial charge in [-0.05, 0) is 46.9 Å². The van der Waals surface area contributed by atoms with Crippen LogP contribution < -0.4 is 4.74 Å². The van der Waals surface area contributed by atoms with E-state index in [0.717, 1.165) is 22.3 Å². The number of hydrogen-bond acceptors (Lipinski definition) is 4. The molecule has 0 spiro atoms. The average Bonchev–Trinajstić information content (AvgIpc) is 2.66. The number of aliphatic hydroxyl groups is 1. The molecule has 2 aromatic carbocycles. The van der Waals surface area contributed by atoms with E-state index in [-0.39, 0.29) is 18.2 Å². The molecule has 3 rings (SSSR count). The number of hydrogen-bond donors (Lipinski definition) is 1. The summed E-state index contributed by atoms with van der Waals surface area (Å²) >= 11 is 6.49. The van der Waals surface area contributed by atoms with Crippen molar-refractivity contribution >= 4 is 23.6 Å². The number of methoxy groups -OCH3 is 1. The Bertz CT molecular complexity index is 921. The summed E-state index contributed by atoms with van der Waals surface area (Å²) in [7, 11) is 1.54. The molecule has 1 fully saturated rings. The zero-order valence-electron chi connectivity index (χ0n) is 16.6. The van der Waals surface area contributed by atoms with Crippen LogP contribution in [0.15, 0.2) is 36.4 Å². The summed E-state index contributed by atoms with van der Waals surface area (Å²) in [6.45, 7) is 4.10. The van der Waals surface area contributed by atoms with Crippen molar-refractivity contribution in [2.75, 3.05) is 7.11 Å². The molecule has 0 unspecified atom stereocenters. The Morgan fingerprint density at radius 1 is 1.31 bits per heavy atom. The van der Waals surface area contributed by atoms with Gasteiger partial charge in [0.05, 0.1) is 24.7 Å². The predicted octanol–water partition coefficient (Wildman–Crippen LogP) is 5.36. The monoisotopic (exact) mass is 418 g/mol. The molecule has 1 aliphatic heterocycles. The molecule has 1 aliphatic rings. The van der Waals surface area contributed by atoms with Crippen molar-refractivity contribution in [2.24, 2.45) is 0 Å². The van der Waals surface area contributed by atoms with E-state index < -0.39 is 18.2 Å². The van der Waals surface area contributed by atoms with Gasteiger partial charge in [0.1, 0.15) is 17.7 Å². The van der Waals surface area contributed by atoms with Crippen molar-refractivity contribution in [3.63, 3.8) is 0 Å². The molecule has 4 nitrogen and oxygen atoms in total. The summed E-state index contributed by atoms with van der Waals surface area (Å²) in [6.07, 6.45) is 2.75. The largest absolute Gasteiger partial charge is 0.495 e. The molecule has 1 saturated heterocycles.